The van der Waals surface area contributed by atoms with Crippen LogP contribution in [0.25, 0.3) is 0 Å². The Morgan fingerprint density at radius 3 is 2.60 bits per heavy atom. The second kappa shape index (κ2) is 9.71. The second-order valence-corrected chi connectivity index (χ2v) is 7.79. The van der Waals surface area contributed by atoms with Crippen molar-refractivity contribution in [1.29, 1.82) is 0 Å². The molecule has 3 amide bonds. The minimum atomic E-state index is -1.19. The van der Waals surface area contributed by atoms with E-state index in [2.05, 4.69) is 10.6 Å². The van der Waals surface area contributed by atoms with Crippen LogP contribution in [0.2, 0.25) is 0 Å². The standard InChI is InChI=1S/C21H21F2N3O3S/c1-24-21(29)20(13-6-7-14(22)15(23)12-13)25-18(27)8-9-19(28)26-10-11-30-17-5-3-2-4-16(17)26/h2-7,12,20H,8-11H2,1H3,(H,24,29)(H,25,27). The maximum absolute atomic E-state index is 13.6. The number of nitrogens with zero attached hydrogens (tertiary/aromatic N) is 1. The number of nitrogens with one attached hydrogen (secondary N) is 2. The molecule has 0 spiro atoms. The van der Waals surface area contributed by atoms with E-state index < -0.39 is 29.5 Å². The molecule has 0 radical (unpaired) electrons. The van der Waals surface area contributed by atoms with Gasteiger partial charge in [-0.25, -0.2) is 8.78 Å². The number of carbonyl (C=O) groups is 3. The van der Waals surface area contributed by atoms with Gasteiger partial charge in [0, 0.05) is 37.1 Å². The largest absolute Gasteiger partial charge is 0.357 e. The van der Waals surface area contributed by atoms with Crippen molar-refractivity contribution in [3.63, 3.8) is 0 Å². The number of para-hydroxylation sites is 1. The van der Waals surface area contributed by atoms with E-state index in [-0.39, 0.29) is 24.3 Å². The molecule has 0 saturated heterocycles. The van der Waals surface area contributed by atoms with Crippen molar-refractivity contribution < 1.29 is 23.2 Å². The molecule has 0 saturated carbocycles. The zero-order valence-corrected chi connectivity index (χ0v) is 17.1. The van der Waals surface area contributed by atoms with Crippen LogP contribution in [-0.2, 0) is 14.4 Å². The predicted octanol–water partition coefficient (Wildman–Crippen LogP) is 2.79. The Labute approximate surface area is 177 Å². The molecule has 0 aromatic heterocycles. The summed E-state index contributed by atoms with van der Waals surface area (Å²) in [6.45, 7) is 0.553. The third-order valence-corrected chi connectivity index (χ3v) is 5.73. The van der Waals surface area contributed by atoms with Gasteiger partial charge in [0.05, 0.1) is 5.69 Å². The highest BCUT2D eigenvalue weighted by molar-refractivity contribution is 7.99. The van der Waals surface area contributed by atoms with Gasteiger partial charge in [-0.15, -0.1) is 11.8 Å². The van der Waals surface area contributed by atoms with Gasteiger partial charge in [0.15, 0.2) is 11.6 Å². The molecule has 1 aliphatic heterocycles. The van der Waals surface area contributed by atoms with Crippen molar-refractivity contribution in [1.82, 2.24) is 10.6 Å². The summed E-state index contributed by atoms with van der Waals surface area (Å²) < 4.78 is 26.7. The van der Waals surface area contributed by atoms with Gasteiger partial charge in [0.1, 0.15) is 6.04 Å². The highest BCUT2D eigenvalue weighted by Gasteiger charge is 2.25. The van der Waals surface area contributed by atoms with E-state index in [1.165, 1.54) is 13.1 Å². The van der Waals surface area contributed by atoms with Crippen LogP contribution in [0.3, 0.4) is 0 Å². The lowest BCUT2D eigenvalue weighted by molar-refractivity contribution is -0.129. The molecule has 1 atom stereocenters. The highest BCUT2D eigenvalue weighted by atomic mass is 32.2. The van der Waals surface area contributed by atoms with Gasteiger partial charge in [-0.2, -0.15) is 0 Å². The molecule has 9 heteroatoms. The number of benzene rings is 2. The van der Waals surface area contributed by atoms with Crippen LogP contribution in [0, 0.1) is 11.6 Å². The van der Waals surface area contributed by atoms with Crippen LogP contribution >= 0.6 is 11.8 Å². The fourth-order valence-corrected chi connectivity index (χ4v) is 4.15. The first-order valence-corrected chi connectivity index (χ1v) is 10.4. The average Bonchev–Trinajstić information content (AvgIpc) is 2.76. The second-order valence-electron chi connectivity index (χ2n) is 6.65. The van der Waals surface area contributed by atoms with E-state index in [0.29, 0.717) is 6.54 Å². The van der Waals surface area contributed by atoms with E-state index in [1.807, 2.05) is 24.3 Å². The third kappa shape index (κ3) is 4.96. The Balaban J connectivity index is 1.64. The number of carbonyl (C=O) groups excluding carboxylic acids is 3. The first kappa shape index (κ1) is 21.8. The lowest BCUT2D eigenvalue weighted by atomic mass is 10.1. The minimum absolute atomic E-state index is 0.0386. The van der Waals surface area contributed by atoms with Crippen LogP contribution in [0.1, 0.15) is 24.4 Å². The topological polar surface area (TPSA) is 78.5 Å². The number of amides is 3. The van der Waals surface area contributed by atoms with Crippen molar-refractivity contribution in [2.24, 2.45) is 0 Å². The van der Waals surface area contributed by atoms with Gasteiger partial charge < -0.3 is 15.5 Å². The van der Waals surface area contributed by atoms with E-state index in [1.54, 1.807) is 16.7 Å². The lowest BCUT2D eigenvalue weighted by Crippen LogP contribution is -2.40. The minimum Gasteiger partial charge on any atom is -0.357 e. The summed E-state index contributed by atoms with van der Waals surface area (Å²) in [6.07, 6.45) is -0.176. The van der Waals surface area contributed by atoms with E-state index in [9.17, 15) is 23.2 Å². The number of hydrogen-bond donors (Lipinski definition) is 2. The zero-order valence-electron chi connectivity index (χ0n) is 16.3. The SMILES string of the molecule is CNC(=O)C(NC(=O)CCC(=O)N1CCSc2ccccc21)c1ccc(F)c(F)c1. The molecule has 2 N–H and O–H groups in total. The van der Waals surface area contributed by atoms with Crippen LogP contribution in [0.5, 0.6) is 0 Å². The number of halogens is 2. The average molecular weight is 433 g/mol. The molecule has 30 heavy (non-hydrogen) atoms. The maximum Gasteiger partial charge on any atom is 0.246 e. The predicted molar refractivity (Wildman–Crippen MR) is 110 cm³/mol. The Kier molecular flexibility index (Phi) is 7.04. The monoisotopic (exact) mass is 433 g/mol. The first-order chi connectivity index (χ1) is 14.4. The van der Waals surface area contributed by atoms with Crippen molar-refractivity contribution >= 4 is 35.2 Å². The van der Waals surface area contributed by atoms with Crippen molar-refractivity contribution in [2.75, 3.05) is 24.2 Å². The molecule has 0 bridgehead atoms. The molecule has 1 heterocycles. The molecule has 1 aliphatic rings. The third-order valence-electron chi connectivity index (χ3n) is 4.69. The molecular formula is C21H21F2N3O3S. The molecule has 6 nitrogen and oxygen atoms in total. The lowest BCUT2D eigenvalue weighted by Gasteiger charge is -2.29. The zero-order chi connectivity index (χ0) is 21.7. The summed E-state index contributed by atoms with van der Waals surface area (Å²) in [6, 6.07) is 9.36. The molecular weight excluding hydrogens is 412 g/mol. The van der Waals surface area contributed by atoms with Crippen LogP contribution in [-0.4, -0.2) is 37.1 Å². The summed E-state index contributed by atoms with van der Waals surface area (Å²) in [7, 11) is 1.37. The van der Waals surface area contributed by atoms with Gasteiger partial charge in [-0.1, -0.05) is 18.2 Å². The van der Waals surface area contributed by atoms with Crippen molar-refractivity contribution in [3.05, 3.63) is 59.7 Å². The number of rotatable bonds is 6. The number of fused-ring (bicyclic) bond motifs is 1. The summed E-state index contributed by atoms with van der Waals surface area (Å²) >= 11 is 1.67. The van der Waals surface area contributed by atoms with Gasteiger partial charge in [-0.05, 0) is 29.8 Å². The molecule has 2 aromatic rings. The van der Waals surface area contributed by atoms with E-state index in [4.69, 9.17) is 0 Å². The molecule has 158 valence electrons. The van der Waals surface area contributed by atoms with Crippen molar-refractivity contribution in [2.45, 2.75) is 23.8 Å². The maximum atomic E-state index is 13.6. The molecule has 3 rings (SSSR count). The number of hydrogen-bond acceptors (Lipinski definition) is 4. The smallest absolute Gasteiger partial charge is 0.246 e. The van der Waals surface area contributed by atoms with Crippen LogP contribution < -0.4 is 15.5 Å². The van der Waals surface area contributed by atoms with Crippen LogP contribution in [0.4, 0.5) is 14.5 Å². The summed E-state index contributed by atoms with van der Waals surface area (Å²) in [5.41, 5.74) is 0.930. The van der Waals surface area contributed by atoms with E-state index in [0.717, 1.165) is 28.5 Å². The number of likely N-dealkylation sites (N-methyl/N-ethyl adjacent to an activating group) is 1. The van der Waals surface area contributed by atoms with Gasteiger partial charge in [0.25, 0.3) is 0 Å². The van der Waals surface area contributed by atoms with Crippen LogP contribution in [0.15, 0.2) is 47.4 Å². The van der Waals surface area contributed by atoms with Gasteiger partial charge in [0.2, 0.25) is 17.7 Å². The molecule has 1 unspecified atom stereocenters. The summed E-state index contributed by atoms with van der Waals surface area (Å²) in [5.74, 6) is -2.71. The Hall–Kier alpha value is -2.94. The Morgan fingerprint density at radius 1 is 1.10 bits per heavy atom. The van der Waals surface area contributed by atoms with Gasteiger partial charge >= 0.3 is 0 Å². The molecule has 0 fully saturated rings. The first-order valence-electron chi connectivity index (χ1n) is 9.39. The fourth-order valence-electron chi connectivity index (χ4n) is 3.15. The van der Waals surface area contributed by atoms with Crippen molar-refractivity contribution in [3.8, 4) is 0 Å². The quantitative estimate of drug-likeness (QED) is 0.735. The Morgan fingerprint density at radius 2 is 1.87 bits per heavy atom. The summed E-state index contributed by atoms with van der Waals surface area (Å²) in [5, 5.41) is 4.88. The van der Waals surface area contributed by atoms with Gasteiger partial charge in [-0.3, -0.25) is 14.4 Å². The molecule has 2 aromatic carbocycles. The molecule has 0 aliphatic carbocycles. The number of anilines is 1. The normalized spacial score (nSPS) is 13.9. The fraction of sp³-hybridized carbons (Fsp3) is 0.286. The number of thioether (sulfide) groups is 1. The van der Waals surface area contributed by atoms with E-state index >= 15 is 0 Å². The Bertz CT molecular complexity index is 970. The highest BCUT2D eigenvalue weighted by Crippen LogP contribution is 2.34. The summed E-state index contributed by atoms with van der Waals surface area (Å²) in [4.78, 5) is 39.9.